The van der Waals surface area contributed by atoms with E-state index in [1.807, 2.05) is 18.2 Å². The third-order valence-electron chi connectivity index (χ3n) is 2.95. The number of aliphatic hydroxyl groups is 1. The van der Waals surface area contributed by atoms with Crippen molar-refractivity contribution in [2.24, 2.45) is 5.73 Å². The van der Waals surface area contributed by atoms with E-state index in [-0.39, 0.29) is 18.9 Å². The standard InChI is InChI=1S/C13H24N2O2/c1-3-10(2)15-8-13(14)17-12-6-4-5-11(7-12)9-16/h4-6,10,12-13,15-16H,3,7-9,14H2,1-2H3. The summed E-state index contributed by atoms with van der Waals surface area (Å²) in [5.41, 5.74) is 6.88. The number of aliphatic hydroxyl groups excluding tert-OH is 1. The summed E-state index contributed by atoms with van der Waals surface area (Å²) in [6.07, 6.45) is 7.28. The van der Waals surface area contributed by atoms with Gasteiger partial charge in [-0.15, -0.1) is 0 Å². The second-order valence-electron chi connectivity index (χ2n) is 4.50. The number of hydrogen-bond acceptors (Lipinski definition) is 4. The molecule has 0 radical (unpaired) electrons. The molecular formula is C13H24N2O2. The smallest absolute Gasteiger partial charge is 0.119 e. The van der Waals surface area contributed by atoms with Crippen molar-refractivity contribution in [1.82, 2.24) is 5.32 Å². The summed E-state index contributed by atoms with van der Waals surface area (Å²) < 4.78 is 5.69. The normalized spacial score (nSPS) is 23.3. The average molecular weight is 240 g/mol. The van der Waals surface area contributed by atoms with E-state index in [1.165, 1.54) is 0 Å². The lowest BCUT2D eigenvalue weighted by atomic mass is 10.0. The zero-order valence-electron chi connectivity index (χ0n) is 10.7. The van der Waals surface area contributed by atoms with E-state index in [9.17, 15) is 0 Å². The molecule has 3 unspecified atom stereocenters. The maximum absolute atomic E-state index is 9.05. The topological polar surface area (TPSA) is 67.5 Å². The van der Waals surface area contributed by atoms with E-state index in [4.69, 9.17) is 15.6 Å². The van der Waals surface area contributed by atoms with Crippen LogP contribution in [-0.4, -0.2) is 36.6 Å². The number of nitrogens with one attached hydrogen (secondary N) is 1. The molecule has 1 aliphatic rings. The minimum absolute atomic E-state index is 0.0177. The Labute approximate surface area is 104 Å². The fourth-order valence-electron chi connectivity index (χ4n) is 1.66. The van der Waals surface area contributed by atoms with E-state index in [0.29, 0.717) is 12.6 Å². The Kier molecular flexibility index (Phi) is 6.44. The first-order valence-corrected chi connectivity index (χ1v) is 6.27. The Hall–Kier alpha value is -0.680. The van der Waals surface area contributed by atoms with Gasteiger partial charge in [-0.3, -0.25) is 0 Å². The molecule has 0 bridgehead atoms. The minimum atomic E-state index is -0.309. The fourth-order valence-corrected chi connectivity index (χ4v) is 1.66. The van der Waals surface area contributed by atoms with Gasteiger partial charge in [0.05, 0.1) is 12.7 Å². The lowest BCUT2D eigenvalue weighted by molar-refractivity contribution is 0.0151. The third-order valence-corrected chi connectivity index (χ3v) is 2.95. The first-order chi connectivity index (χ1) is 8.15. The molecule has 0 aromatic carbocycles. The van der Waals surface area contributed by atoms with Crippen molar-refractivity contribution in [2.75, 3.05) is 13.2 Å². The van der Waals surface area contributed by atoms with Crippen molar-refractivity contribution in [3.63, 3.8) is 0 Å². The predicted octanol–water partition coefficient (Wildman–Crippen LogP) is 0.923. The molecule has 0 aliphatic heterocycles. The van der Waals surface area contributed by atoms with E-state index >= 15 is 0 Å². The van der Waals surface area contributed by atoms with Gasteiger partial charge in [0.2, 0.25) is 0 Å². The maximum Gasteiger partial charge on any atom is 0.119 e. The molecule has 0 saturated heterocycles. The lowest BCUT2D eigenvalue weighted by Gasteiger charge is -2.23. The third kappa shape index (κ3) is 5.46. The second kappa shape index (κ2) is 7.61. The van der Waals surface area contributed by atoms with Crippen molar-refractivity contribution >= 4 is 0 Å². The number of rotatable bonds is 7. The van der Waals surface area contributed by atoms with Crippen LogP contribution in [0.5, 0.6) is 0 Å². The van der Waals surface area contributed by atoms with Crippen molar-refractivity contribution in [1.29, 1.82) is 0 Å². The van der Waals surface area contributed by atoms with Gasteiger partial charge in [-0.2, -0.15) is 0 Å². The van der Waals surface area contributed by atoms with Crippen LogP contribution in [-0.2, 0) is 4.74 Å². The molecule has 4 nitrogen and oxygen atoms in total. The Morgan fingerprint density at radius 1 is 1.65 bits per heavy atom. The van der Waals surface area contributed by atoms with Crippen LogP contribution in [0.15, 0.2) is 23.8 Å². The quantitative estimate of drug-likeness (QED) is 0.579. The molecule has 3 atom stereocenters. The van der Waals surface area contributed by atoms with Crippen molar-refractivity contribution in [3.05, 3.63) is 23.8 Å². The van der Waals surface area contributed by atoms with Gasteiger partial charge in [-0.1, -0.05) is 25.2 Å². The summed E-state index contributed by atoms with van der Waals surface area (Å²) in [5, 5.41) is 12.4. The van der Waals surface area contributed by atoms with Crippen molar-refractivity contribution in [3.8, 4) is 0 Å². The zero-order chi connectivity index (χ0) is 12.7. The van der Waals surface area contributed by atoms with Gasteiger partial charge in [-0.05, 0) is 18.9 Å². The minimum Gasteiger partial charge on any atom is -0.392 e. The monoisotopic (exact) mass is 240 g/mol. The summed E-state index contributed by atoms with van der Waals surface area (Å²) in [7, 11) is 0. The van der Waals surface area contributed by atoms with Gasteiger partial charge in [0, 0.05) is 19.0 Å². The van der Waals surface area contributed by atoms with Gasteiger partial charge in [0.1, 0.15) is 6.23 Å². The molecule has 0 saturated carbocycles. The predicted molar refractivity (Wildman–Crippen MR) is 69.5 cm³/mol. The number of ether oxygens (including phenoxy) is 1. The summed E-state index contributed by atoms with van der Waals surface area (Å²) in [5.74, 6) is 0. The van der Waals surface area contributed by atoms with Crippen LogP contribution in [0.3, 0.4) is 0 Å². The summed E-state index contributed by atoms with van der Waals surface area (Å²) in [6, 6.07) is 0.458. The van der Waals surface area contributed by atoms with Gasteiger partial charge in [-0.25, -0.2) is 0 Å². The SMILES string of the molecule is CCC(C)NCC(N)OC1C=CC=C(CO)C1. The first-order valence-electron chi connectivity index (χ1n) is 6.27. The number of hydrogen-bond donors (Lipinski definition) is 3. The molecule has 4 N–H and O–H groups in total. The molecule has 98 valence electrons. The van der Waals surface area contributed by atoms with Crippen molar-refractivity contribution in [2.45, 2.75) is 45.1 Å². The Bertz CT molecular complexity index is 277. The van der Waals surface area contributed by atoms with Crippen LogP contribution in [0.1, 0.15) is 26.7 Å². The number of nitrogens with two attached hydrogens (primary N) is 1. The van der Waals surface area contributed by atoms with Gasteiger partial charge >= 0.3 is 0 Å². The zero-order valence-corrected chi connectivity index (χ0v) is 10.7. The van der Waals surface area contributed by atoms with Crippen LogP contribution < -0.4 is 11.1 Å². The molecule has 17 heavy (non-hydrogen) atoms. The first kappa shape index (κ1) is 14.4. The van der Waals surface area contributed by atoms with E-state index in [2.05, 4.69) is 19.2 Å². The number of allylic oxidation sites excluding steroid dienone is 2. The van der Waals surface area contributed by atoms with Crippen LogP contribution >= 0.6 is 0 Å². The Balaban J connectivity index is 2.25. The molecule has 4 heteroatoms. The molecule has 0 heterocycles. The lowest BCUT2D eigenvalue weighted by Crippen LogP contribution is -2.41. The maximum atomic E-state index is 9.05. The molecule has 0 spiro atoms. The Morgan fingerprint density at radius 3 is 3.06 bits per heavy atom. The Morgan fingerprint density at radius 2 is 2.41 bits per heavy atom. The van der Waals surface area contributed by atoms with E-state index in [1.54, 1.807) is 0 Å². The molecular weight excluding hydrogens is 216 g/mol. The fraction of sp³-hybridized carbons (Fsp3) is 0.692. The largest absolute Gasteiger partial charge is 0.392 e. The molecule has 0 aromatic rings. The highest BCUT2D eigenvalue weighted by atomic mass is 16.5. The summed E-state index contributed by atoms with van der Waals surface area (Å²) in [4.78, 5) is 0. The van der Waals surface area contributed by atoms with Crippen molar-refractivity contribution < 1.29 is 9.84 Å². The molecule has 0 aromatic heterocycles. The van der Waals surface area contributed by atoms with Crippen LogP contribution in [0.25, 0.3) is 0 Å². The van der Waals surface area contributed by atoms with Crippen LogP contribution in [0, 0.1) is 0 Å². The highest BCUT2D eigenvalue weighted by Crippen LogP contribution is 2.15. The summed E-state index contributed by atoms with van der Waals surface area (Å²) in [6.45, 7) is 4.99. The highest BCUT2D eigenvalue weighted by Gasteiger charge is 2.15. The highest BCUT2D eigenvalue weighted by molar-refractivity contribution is 5.20. The van der Waals surface area contributed by atoms with Crippen LogP contribution in [0.4, 0.5) is 0 Å². The van der Waals surface area contributed by atoms with Crippen LogP contribution in [0.2, 0.25) is 0 Å². The molecule has 1 aliphatic carbocycles. The summed E-state index contributed by atoms with van der Waals surface area (Å²) >= 11 is 0. The van der Waals surface area contributed by atoms with Gasteiger partial charge < -0.3 is 20.9 Å². The second-order valence-corrected chi connectivity index (χ2v) is 4.50. The van der Waals surface area contributed by atoms with Gasteiger partial charge in [0.15, 0.2) is 0 Å². The average Bonchev–Trinajstić information content (AvgIpc) is 2.36. The van der Waals surface area contributed by atoms with E-state index in [0.717, 1.165) is 18.4 Å². The van der Waals surface area contributed by atoms with E-state index < -0.39 is 0 Å². The molecule has 1 rings (SSSR count). The molecule has 0 amide bonds. The van der Waals surface area contributed by atoms with Gasteiger partial charge in [0.25, 0.3) is 0 Å². The molecule has 0 fully saturated rings.